The molecule has 0 radical (unpaired) electrons. The molecule has 6 nitrogen and oxygen atoms in total. The zero-order valence-electron chi connectivity index (χ0n) is 18.4. The molecular weight excluding hydrogens is 418 g/mol. The number of aliphatic hydroxyl groups is 1. The van der Waals surface area contributed by atoms with Gasteiger partial charge in [0.1, 0.15) is 24.8 Å². The van der Waals surface area contributed by atoms with Gasteiger partial charge in [-0.05, 0) is 57.4 Å². The number of rotatable bonds is 5. The van der Waals surface area contributed by atoms with Crippen LogP contribution in [0.15, 0.2) is 36.4 Å². The van der Waals surface area contributed by atoms with Gasteiger partial charge in [0.2, 0.25) is 0 Å². The third kappa shape index (κ3) is 4.42. The smallest absolute Gasteiger partial charge is 0.414 e. The van der Waals surface area contributed by atoms with Gasteiger partial charge in [0.15, 0.2) is 5.82 Å². The molecule has 2 N–H and O–H groups in total. The molecule has 2 aliphatic rings. The average Bonchev–Trinajstić information content (AvgIpc) is 2.72. The number of benzene rings is 2. The molecular formula is C24H28F2N2O4. The Bertz CT molecular complexity index is 998. The number of halogens is 2. The van der Waals surface area contributed by atoms with Crippen molar-refractivity contribution in [2.45, 2.75) is 63.9 Å². The van der Waals surface area contributed by atoms with Crippen molar-refractivity contribution in [1.82, 2.24) is 5.32 Å². The van der Waals surface area contributed by atoms with E-state index in [-0.39, 0.29) is 42.8 Å². The van der Waals surface area contributed by atoms with Crippen LogP contribution in [0.4, 0.5) is 19.3 Å². The molecule has 0 aromatic heterocycles. The van der Waals surface area contributed by atoms with E-state index in [4.69, 9.17) is 9.47 Å². The first-order chi connectivity index (χ1) is 15.2. The van der Waals surface area contributed by atoms with Gasteiger partial charge in [0, 0.05) is 29.8 Å². The van der Waals surface area contributed by atoms with E-state index in [1.165, 1.54) is 23.1 Å². The number of hydrogen-bond donors (Lipinski definition) is 2. The average molecular weight is 446 g/mol. The fraction of sp³-hybridized carbons (Fsp3) is 0.458. The van der Waals surface area contributed by atoms with Crippen molar-refractivity contribution in [2.24, 2.45) is 0 Å². The highest BCUT2D eigenvalue weighted by atomic mass is 19.1. The maximum Gasteiger partial charge on any atom is 0.414 e. The molecule has 2 aliphatic heterocycles. The van der Waals surface area contributed by atoms with Gasteiger partial charge in [0.25, 0.3) is 0 Å². The predicted molar refractivity (Wildman–Crippen MR) is 116 cm³/mol. The maximum absolute atomic E-state index is 14.9. The molecule has 0 aliphatic carbocycles. The third-order valence-corrected chi connectivity index (χ3v) is 6.00. The molecule has 3 atom stereocenters. The molecule has 0 spiro atoms. The summed E-state index contributed by atoms with van der Waals surface area (Å²) in [5, 5.41) is 14.6. The van der Waals surface area contributed by atoms with Crippen LogP contribution in [0.2, 0.25) is 0 Å². The number of ether oxygens (including phenoxy) is 2. The summed E-state index contributed by atoms with van der Waals surface area (Å²) in [6.07, 6.45) is 0.286. The lowest BCUT2D eigenvalue weighted by Crippen LogP contribution is -2.53. The first kappa shape index (κ1) is 22.5. The van der Waals surface area contributed by atoms with Gasteiger partial charge >= 0.3 is 6.09 Å². The Morgan fingerprint density at radius 1 is 1.25 bits per heavy atom. The van der Waals surface area contributed by atoms with Crippen molar-refractivity contribution in [1.29, 1.82) is 0 Å². The van der Waals surface area contributed by atoms with E-state index in [1.54, 1.807) is 32.0 Å². The number of hydrogen-bond acceptors (Lipinski definition) is 5. The molecule has 32 heavy (non-hydrogen) atoms. The minimum Gasteiger partial charge on any atom is -0.492 e. The van der Waals surface area contributed by atoms with Crippen molar-refractivity contribution < 1.29 is 28.2 Å². The minimum atomic E-state index is -1.11. The molecule has 1 fully saturated rings. The summed E-state index contributed by atoms with van der Waals surface area (Å²) in [4.78, 5) is 13.3. The second-order valence-electron chi connectivity index (χ2n) is 8.95. The predicted octanol–water partition coefficient (Wildman–Crippen LogP) is 4.24. The number of carbonyl (C=O) groups excluding carboxylic acids is 1. The Morgan fingerprint density at radius 2 is 1.97 bits per heavy atom. The number of amides is 1. The number of fused-ring (bicyclic) bond motifs is 1. The van der Waals surface area contributed by atoms with Crippen LogP contribution in [-0.2, 0) is 16.9 Å². The highest BCUT2D eigenvalue weighted by Crippen LogP contribution is 2.37. The second-order valence-corrected chi connectivity index (χ2v) is 8.95. The minimum absolute atomic E-state index is 0.00619. The van der Waals surface area contributed by atoms with E-state index < -0.39 is 17.5 Å². The normalized spacial score (nSPS) is 25.5. The van der Waals surface area contributed by atoms with Gasteiger partial charge in [-0.2, -0.15) is 0 Å². The molecule has 1 amide bonds. The Hall–Kier alpha value is -2.71. The Labute approximate surface area is 186 Å². The highest BCUT2D eigenvalue weighted by molar-refractivity contribution is 5.91. The van der Waals surface area contributed by atoms with Crippen LogP contribution in [0.25, 0.3) is 0 Å². The Morgan fingerprint density at radius 3 is 2.66 bits per heavy atom. The van der Waals surface area contributed by atoms with Crippen LogP contribution in [0.3, 0.4) is 0 Å². The van der Waals surface area contributed by atoms with E-state index in [0.29, 0.717) is 29.7 Å². The quantitative estimate of drug-likeness (QED) is 0.719. The van der Waals surface area contributed by atoms with Crippen LogP contribution in [0.5, 0.6) is 5.75 Å². The molecule has 1 saturated heterocycles. The van der Waals surface area contributed by atoms with Gasteiger partial charge < -0.3 is 19.9 Å². The molecule has 2 heterocycles. The third-order valence-electron chi connectivity index (χ3n) is 6.00. The summed E-state index contributed by atoms with van der Waals surface area (Å²) >= 11 is 0. The van der Waals surface area contributed by atoms with Crippen molar-refractivity contribution in [2.75, 3.05) is 11.5 Å². The zero-order chi connectivity index (χ0) is 23.0. The fourth-order valence-corrected chi connectivity index (χ4v) is 4.68. The monoisotopic (exact) mass is 446 g/mol. The molecule has 172 valence electrons. The first-order valence-corrected chi connectivity index (χ1v) is 10.8. The standard InChI is InChI=1S/C24H28F2N2O4/c1-14(2)28-22-16(12-32-23(28)29)8-20(9-21(22)26)31-13-19-11-24(30,10-15(3)27-19)17-4-6-18(25)7-5-17/h4-9,14-15,19,27,30H,10-13H2,1-3H3. The zero-order valence-corrected chi connectivity index (χ0v) is 18.4. The van der Waals surface area contributed by atoms with Crippen LogP contribution < -0.4 is 15.0 Å². The second kappa shape index (κ2) is 8.67. The first-order valence-electron chi connectivity index (χ1n) is 10.8. The number of nitrogens with one attached hydrogen (secondary N) is 1. The molecule has 4 rings (SSSR count). The fourth-order valence-electron chi connectivity index (χ4n) is 4.68. The van der Waals surface area contributed by atoms with Gasteiger partial charge in [0.05, 0.1) is 11.3 Å². The lowest BCUT2D eigenvalue weighted by atomic mass is 9.79. The largest absolute Gasteiger partial charge is 0.492 e. The number of carbonyl (C=O) groups is 1. The van der Waals surface area contributed by atoms with E-state index in [9.17, 15) is 18.7 Å². The van der Waals surface area contributed by atoms with Gasteiger partial charge in [-0.15, -0.1) is 0 Å². The molecule has 2 aromatic rings. The number of nitrogens with zero attached hydrogens (tertiary/aromatic N) is 1. The topological polar surface area (TPSA) is 71.0 Å². The maximum atomic E-state index is 14.9. The molecule has 0 bridgehead atoms. The highest BCUT2D eigenvalue weighted by Gasteiger charge is 2.39. The van der Waals surface area contributed by atoms with Crippen LogP contribution >= 0.6 is 0 Å². The van der Waals surface area contributed by atoms with Crippen LogP contribution in [0.1, 0.15) is 44.7 Å². The van der Waals surface area contributed by atoms with E-state index in [1.807, 2.05) is 6.92 Å². The van der Waals surface area contributed by atoms with Crippen LogP contribution in [-0.4, -0.2) is 35.9 Å². The molecule has 2 aromatic carbocycles. The summed E-state index contributed by atoms with van der Waals surface area (Å²) in [7, 11) is 0. The van der Waals surface area contributed by atoms with Crippen molar-refractivity contribution in [3.05, 3.63) is 59.2 Å². The Balaban J connectivity index is 1.49. The summed E-state index contributed by atoms with van der Waals surface area (Å²) in [6.45, 7) is 5.74. The summed E-state index contributed by atoms with van der Waals surface area (Å²) in [6, 6.07) is 8.40. The van der Waals surface area contributed by atoms with Gasteiger partial charge in [-0.25, -0.2) is 13.6 Å². The number of cyclic esters (lactones) is 1. The molecule has 0 saturated carbocycles. The summed E-state index contributed by atoms with van der Waals surface area (Å²) in [5.74, 6) is -0.570. The van der Waals surface area contributed by atoms with E-state index in [0.717, 1.165) is 0 Å². The van der Waals surface area contributed by atoms with Gasteiger partial charge in [-0.1, -0.05) is 12.1 Å². The number of anilines is 1. The van der Waals surface area contributed by atoms with Gasteiger partial charge in [-0.3, -0.25) is 4.90 Å². The van der Waals surface area contributed by atoms with Crippen molar-refractivity contribution in [3.8, 4) is 5.75 Å². The van der Waals surface area contributed by atoms with Crippen molar-refractivity contribution >= 4 is 11.8 Å². The number of piperidine rings is 1. The lowest BCUT2D eigenvalue weighted by Gasteiger charge is -2.41. The van der Waals surface area contributed by atoms with Crippen molar-refractivity contribution in [3.63, 3.8) is 0 Å². The van der Waals surface area contributed by atoms with E-state index in [2.05, 4.69) is 5.32 Å². The van der Waals surface area contributed by atoms with Crippen LogP contribution in [0, 0.1) is 11.6 Å². The summed E-state index contributed by atoms with van der Waals surface area (Å²) in [5.41, 5.74) is 0.312. The molecule has 8 heteroatoms. The van der Waals surface area contributed by atoms with E-state index >= 15 is 0 Å². The lowest BCUT2D eigenvalue weighted by molar-refractivity contribution is -0.0287. The molecule has 3 unspecified atom stereocenters. The SMILES string of the molecule is CC1CC(O)(c2ccc(F)cc2)CC(COc2cc(F)c3c(c2)COC(=O)N3C(C)C)N1. The Kier molecular flexibility index (Phi) is 6.09. The summed E-state index contributed by atoms with van der Waals surface area (Å²) < 4.78 is 39.3.